The zero-order valence-electron chi connectivity index (χ0n) is 10.8. The van der Waals surface area contributed by atoms with E-state index in [0.29, 0.717) is 0 Å². The lowest BCUT2D eigenvalue weighted by Crippen LogP contribution is -2.39. The molecule has 0 aliphatic heterocycles. The van der Waals surface area contributed by atoms with Gasteiger partial charge in [-0.1, -0.05) is 30.3 Å². The minimum atomic E-state index is -0.408. The molecule has 0 fully saturated rings. The highest BCUT2D eigenvalue weighted by Gasteiger charge is 2.27. The van der Waals surface area contributed by atoms with E-state index < -0.39 is 5.41 Å². The van der Waals surface area contributed by atoms with Crippen LogP contribution < -0.4 is 0 Å². The summed E-state index contributed by atoms with van der Waals surface area (Å²) < 4.78 is 0. The molecule has 0 aliphatic carbocycles. The third-order valence-electron chi connectivity index (χ3n) is 2.97. The van der Waals surface area contributed by atoms with Gasteiger partial charge in [-0.25, -0.2) is 0 Å². The summed E-state index contributed by atoms with van der Waals surface area (Å²) in [7, 11) is 2.07. The Morgan fingerprint density at radius 3 is 2.53 bits per heavy atom. The first-order chi connectivity index (χ1) is 8.12. The van der Waals surface area contributed by atoms with Crippen molar-refractivity contribution in [2.24, 2.45) is 0 Å². The molecule has 0 spiro atoms. The smallest absolute Gasteiger partial charge is 0.131 e. The highest BCUT2D eigenvalue weighted by molar-refractivity contribution is 7.98. The molecule has 1 rings (SSSR count). The normalized spacial score (nSPS) is 14.6. The van der Waals surface area contributed by atoms with Crippen LogP contribution >= 0.6 is 11.8 Å². The summed E-state index contributed by atoms with van der Waals surface area (Å²) in [5.74, 6) is 1.10. The van der Waals surface area contributed by atoms with Crippen molar-refractivity contribution in [3.63, 3.8) is 0 Å². The first kappa shape index (κ1) is 14.3. The number of carbonyl (C=O) groups is 1. The minimum absolute atomic E-state index is 0.408. The van der Waals surface area contributed by atoms with Gasteiger partial charge in [0.1, 0.15) is 6.29 Å². The number of rotatable bonds is 7. The maximum atomic E-state index is 11.4. The van der Waals surface area contributed by atoms with Crippen LogP contribution in [-0.2, 0) is 10.2 Å². The number of thioether (sulfide) groups is 1. The Morgan fingerprint density at radius 2 is 2.00 bits per heavy atom. The van der Waals surface area contributed by atoms with Gasteiger partial charge in [0.2, 0.25) is 0 Å². The Morgan fingerprint density at radius 1 is 1.35 bits per heavy atom. The highest BCUT2D eigenvalue weighted by atomic mass is 32.2. The molecule has 2 nitrogen and oxygen atoms in total. The topological polar surface area (TPSA) is 20.3 Å². The molecule has 0 aliphatic rings. The van der Waals surface area contributed by atoms with E-state index in [4.69, 9.17) is 0 Å². The zero-order valence-corrected chi connectivity index (χ0v) is 11.7. The molecule has 0 bridgehead atoms. The average molecular weight is 251 g/mol. The number of aldehydes is 1. The van der Waals surface area contributed by atoms with Crippen molar-refractivity contribution in [3.05, 3.63) is 35.9 Å². The molecule has 0 saturated heterocycles. The van der Waals surface area contributed by atoms with Crippen LogP contribution in [0.4, 0.5) is 0 Å². The van der Waals surface area contributed by atoms with Crippen LogP contribution in [-0.4, -0.2) is 43.3 Å². The molecule has 1 aromatic rings. The van der Waals surface area contributed by atoms with Crippen LogP contribution in [0.1, 0.15) is 12.5 Å². The van der Waals surface area contributed by atoms with Gasteiger partial charge in [-0.2, -0.15) is 11.8 Å². The lowest BCUT2D eigenvalue weighted by atomic mass is 9.83. The van der Waals surface area contributed by atoms with Crippen LogP contribution in [0.25, 0.3) is 0 Å². The van der Waals surface area contributed by atoms with Crippen molar-refractivity contribution in [1.82, 2.24) is 4.90 Å². The zero-order chi connectivity index (χ0) is 12.7. The number of benzene rings is 1. The average Bonchev–Trinajstić information content (AvgIpc) is 2.37. The minimum Gasteiger partial charge on any atom is -0.304 e. The van der Waals surface area contributed by atoms with Gasteiger partial charge in [-0.15, -0.1) is 0 Å². The Labute approximate surface area is 108 Å². The molecule has 94 valence electrons. The van der Waals surface area contributed by atoms with E-state index in [1.165, 1.54) is 0 Å². The first-order valence-corrected chi connectivity index (χ1v) is 7.21. The van der Waals surface area contributed by atoms with Crippen LogP contribution in [0.15, 0.2) is 30.3 Å². The van der Waals surface area contributed by atoms with Gasteiger partial charge >= 0.3 is 0 Å². The summed E-state index contributed by atoms with van der Waals surface area (Å²) in [4.78, 5) is 13.6. The van der Waals surface area contributed by atoms with E-state index in [0.717, 1.165) is 30.7 Å². The van der Waals surface area contributed by atoms with Gasteiger partial charge in [-0.3, -0.25) is 0 Å². The Balaban J connectivity index is 2.72. The maximum absolute atomic E-state index is 11.4. The summed E-state index contributed by atoms with van der Waals surface area (Å²) in [5.41, 5.74) is 0.681. The fourth-order valence-corrected chi connectivity index (χ4v) is 2.40. The molecule has 0 N–H and O–H groups in total. The van der Waals surface area contributed by atoms with Gasteiger partial charge in [0.15, 0.2) is 0 Å². The van der Waals surface area contributed by atoms with Crippen LogP contribution in [0.3, 0.4) is 0 Å². The summed E-state index contributed by atoms with van der Waals surface area (Å²) in [6.07, 6.45) is 3.17. The second kappa shape index (κ2) is 6.82. The Kier molecular flexibility index (Phi) is 5.72. The predicted molar refractivity (Wildman–Crippen MR) is 75.7 cm³/mol. The molecule has 0 aromatic heterocycles. The first-order valence-electron chi connectivity index (χ1n) is 5.82. The number of nitrogens with zero attached hydrogens (tertiary/aromatic N) is 1. The van der Waals surface area contributed by atoms with Crippen molar-refractivity contribution in [1.29, 1.82) is 0 Å². The second-order valence-electron chi connectivity index (χ2n) is 4.63. The van der Waals surface area contributed by atoms with E-state index in [1.54, 1.807) is 0 Å². The summed E-state index contributed by atoms with van der Waals surface area (Å²) in [6.45, 7) is 3.78. The predicted octanol–water partition coefficient (Wildman–Crippen LogP) is 2.44. The quantitative estimate of drug-likeness (QED) is 0.694. The molecule has 1 atom stereocenters. The fourth-order valence-electron chi connectivity index (χ4n) is 1.90. The van der Waals surface area contributed by atoms with E-state index in [-0.39, 0.29) is 0 Å². The molecule has 0 saturated carbocycles. The largest absolute Gasteiger partial charge is 0.304 e. The number of likely N-dealkylation sites (N-methyl/N-ethyl adjacent to an activating group) is 1. The number of hydrogen-bond acceptors (Lipinski definition) is 3. The van der Waals surface area contributed by atoms with Crippen LogP contribution in [0.5, 0.6) is 0 Å². The third-order valence-corrected chi connectivity index (χ3v) is 3.56. The summed E-state index contributed by atoms with van der Waals surface area (Å²) in [5, 5.41) is 0. The molecule has 0 radical (unpaired) electrons. The van der Waals surface area contributed by atoms with E-state index in [2.05, 4.69) is 18.2 Å². The van der Waals surface area contributed by atoms with E-state index in [1.807, 2.05) is 49.0 Å². The van der Waals surface area contributed by atoms with Crippen molar-refractivity contribution in [2.75, 3.05) is 32.1 Å². The van der Waals surface area contributed by atoms with Crippen molar-refractivity contribution in [3.8, 4) is 0 Å². The molecule has 0 amide bonds. The molecular formula is C14H21NOS. The molecule has 1 aromatic carbocycles. The van der Waals surface area contributed by atoms with Crippen molar-refractivity contribution >= 4 is 18.0 Å². The fraction of sp³-hybridized carbons (Fsp3) is 0.500. The SMILES string of the molecule is CSCCN(C)CC(C)(C=O)c1ccccc1. The van der Waals surface area contributed by atoms with Gasteiger partial charge in [0.25, 0.3) is 0 Å². The standard InChI is InChI=1S/C14H21NOS/c1-14(12-16,11-15(2)9-10-17-3)13-7-5-4-6-8-13/h4-8,12H,9-11H2,1-3H3. The lowest BCUT2D eigenvalue weighted by Gasteiger charge is -2.29. The lowest BCUT2D eigenvalue weighted by molar-refractivity contribution is -0.112. The molecule has 1 unspecified atom stereocenters. The summed E-state index contributed by atoms with van der Waals surface area (Å²) in [6, 6.07) is 10.00. The van der Waals surface area contributed by atoms with Gasteiger partial charge in [0.05, 0.1) is 5.41 Å². The van der Waals surface area contributed by atoms with Gasteiger partial charge in [-0.05, 0) is 25.8 Å². The van der Waals surface area contributed by atoms with Gasteiger partial charge < -0.3 is 9.69 Å². The molecule has 0 heterocycles. The van der Waals surface area contributed by atoms with E-state index in [9.17, 15) is 4.79 Å². The van der Waals surface area contributed by atoms with Crippen LogP contribution in [0, 0.1) is 0 Å². The monoisotopic (exact) mass is 251 g/mol. The Hall–Kier alpha value is -0.800. The molecular weight excluding hydrogens is 230 g/mol. The maximum Gasteiger partial charge on any atom is 0.131 e. The van der Waals surface area contributed by atoms with Crippen LogP contribution in [0.2, 0.25) is 0 Å². The summed E-state index contributed by atoms with van der Waals surface area (Å²) >= 11 is 1.83. The van der Waals surface area contributed by atoms with E-state index >= 15 is 0 Å². The molecule has 3 heteroatoms. The third kappa shape index (κ3) is 4.17. The second-order valence-corrected chi connectivity index (χ2v) is 5.62. The highest BCUT2D eigenvalue weighted by Crippen LogP contribution is 2.22. The Bertz CT molecular complexity index is 341. The van der Waals surface area contributed by atoms with Crippen molar-refractivity contribution < 1.29 is 4.79 Å². The number of carbonyl (C=O) groups excluding carboxylic acids is 1. The van der Waals surface area contributed by atoms with Crippen molar-refractivity contribution in [2.45, 2.75) is 12.3 Å². The molecule has 17 heavy (non-hydrogen) atoms. The van der Waals surface area contributed by atoms with Gasteiger partial charge in [0, 0.05) is 18.8 Å². The number of hydrogen-bond donors (Lipinski definition) is 0.